The van der Waals surface area contributed by atoms with Gasteiger partial charge in [-0.1, -0.05) is 249 Å². The van der Waals surface area contributed by atoms with Crippen LogP contribution in [0.2, 0.25) is 0 Å². The molecule has 0 saturated heterocycles. The third-order valence-corrected chi connectivity index (χ3v) is 15.5. The van der Waals surface area contributed by atoms with Crippen LogP contribution in [-0.4, -0.2) is 4.98 Å². The van der Waals surface area contributed by atoms with E-state index in [0.29, 0.717) is 0 Å². The number of fused-ring (bicyclic) bond motifs is 6. The van der Waals surface area contributed by atoms with Gasteiger partial charge in [-0.2, -0.15) is 0 Å². The van der Waals surface area contributed by atoms with Gasteiger partial charge in [0.2, 0.25) is 0 Å². The van der Waals surface area contributed by atoms with Crippen molar-refractivity contribution in [3.05, 3.63) is 332 Å². The highest BCUT2D eigenvalue weighted by atomic mass is 15.2. The van der Waals surface area contributed by atoms with Crippen molar-refractivity contribution in [3.63, 3.8) is 0 Å². The summed E-state index contributed by atoms with van der Waals surface area (Å²) in [6.45, 7) is 0. The Labute approximate surface area is 449 Å². The maximum atomic E-state index is 5.43. The van der Waals surface area contributed by atoms with E-state index in [1.807, 2.05) is 0 Å². The molecule has 12 aromatic carbocycles. The SMILES string of the molecule is c1ccc(-c2cccc(N(c3ccc(-c4ccc(N(c5cccc(-c6ccccc6)c5)c5nc6ccccc6c6ccccc56)cc4)cc3)c3cccc4c3-c3ccccc3C4(c3ccccc3)c3ccccc3)c2)cc1. The normalized spacial score (nSPS) is 12.3. The van der Waals surface area contributed by atoms with Crippen molar-refractivity contribution >= 4 is 55.9 Å². The number of rotatable bonds is 11. The summed E-state index contributed by atoms with van der Waals surface area (Å²) in [7, 11) is 0. The summed E-state index contributed by atoms with van der Waals surface area (Å²) in [4.78, 5) is 10.2. The zero-order chi connectivity index (χ0) is 51.1. The van der Waals surface area contributed by atoms with Gasteiger partial charge in [-0.15, -0.1) is 0 Å². The van der Waals surface area contributed by atoms with E-state index in [2.05, 4.69) is 319 Å². The Kier molecular flexibility index (Phi) is 11.4. The maximum Gasteiger partial charge on any atom is 0.146 e. The molecule has 14 rings (SSSR count). The number of benzene rings is 12. The summed E-state index contributed by atoms with van der Waals surface area (Å²) in [5.41, 5.74) is 20.2. The fraction of sp³-hybridized carbons (Fsp3) is 0.0135. The molecule has 77 heavy (non-hydrogen) atoms. The van der Waals surface area contributed by atoms with E-state index in [4.69, 9.17) is 4.98 Å². The van der Waals surface area contributed by atoms with E-state index in [0.717, 1.165) is 72.8 Å². The van der Waals surface area contributed by atoms with Crippen LogP contribution in [0.25, 0.3) is 66.2 Å². The molecule has 0 unspecified atom stereocenters. The summed E-state index contributed by atoms with van der Waals surface area (Å²) >= 11 is 0. The van der Waals surface area contributed by atoms with Crippen molar-refractivity contribution in [2.24, 2.45) is 0 Å². The van der Waals surface area contributed by atoms with Gasteiger partial charge >= 0.3 is 0 Å². The molecule has 0 spiro atoms. The molecule has 1 heterocycles. The molecule has 0 saturated carbocycles. The lowest BCUT2D eigenvalue weighted by Gasteiger charge is -2.34. The van der Waals surface area contributed by atoms with Crippen LogP contribution in [0.1, 0.15) is 22.3 Å². The Hall–Kier alpha value is -10.1. The Morgan fingerprint density at radius 2 is 0.701 bits per heavy atom. The first-order valence-corrected chi connectivity index (χ1v) is 26.4. The molecule has 3 nitrogen and oxygen atoms in total. The molecule has 0 fully saturated rings. The molecule has 0 atom stereocenters. The van der Waals surface area contributed by atoms with Crippen molar-refractivity contribution in [2.45, 2.75) is 5.41 Å². The largest absolute Gasteiger partial charge is 0.310 e. The van der Waals surface area contributed by atoms with Crippen LogP contribution < -0.4 is 9.80 Å². The van der Waals surface area contributed by atoms with E-state index in [9.17, 15) is 0 Å². The van der Waals surface area contributed by atoms with Crippen molar-refractivity contribution < 1.29 is 0 Å². The van der Waals surface area contributed by atoms with Crippen molar-refractivity contribution in [1.29, 1.82) is 0 Å². The topological polar surface area (TPSA) is 19.4 Å². The second-order valence-electron chi connectivity index (χ2n) is 19.8. The lowest BCUT2D eigenvalue weighted by molar-refractivity contribution is 0.768. The average molecular weight is 982 g/mol. The van der Waals surface area contributed by atoms with Crippen LogP contribution in [0.3, 0.4) is 0 Å². The van der Waals surface area contributed by atoms with Crippen LogP contribution in [0.15, 0.2) is 309 Å². The van der Waals surface area contributed by atoms with Crippen LogP contribution in [0.4, 0.5) is 34.3 Å². The standard InChI is InChI=1S/C74H51N3/c1-5-22-52(23-6-1)56-26-19-32-62(50-56)76(71-41-21-39-69-72(71)67-37-15-17-38-68(67)74(69,58-28-9-3-10-29-58)59-30-11-4-12-31-59)60-46-42-54(43-47-60)55-44-48-61(49-45-55)77(63-33-20-27-57(51-63)53-24-7-2-8-25-53)73-66-36-14-13-34-64(66)65-35-16-18-40-70(65)75-73/h1-51H. The number of hydrogen-bond acceptors (Lipinski definition) is 3. The molecule has 0 amide bonds. The number of anilines is 6. The van der Waals surface area contributed by atoms with Crippen LogP contribution in [0.5, 0.6) is 0 Å². The van der Waals surface area contributed by atoms with E-state index >= 15 is 0 Å². The Balaban J connectivity index is 0.901. The summed E-state index contributed by atoms with van der Waals surface area (Å²) in [5, 5.41) is 3.40. The van der Waals surface area contributed by atoms with Gasteiger partial charge in [0.15, 0.2) is 0 Å². The van der Waals surface area contributed by atoms with Gasteiger partial charge in [0.25, 0.3) is 0 Å². The predicted molar refractivity (Wildman–Crippen MR) is 322 cm³/mol. The highest BCUT2D eigenvalue weighted by Gasteiger charge is 2.47. The summed E-state index contributed by atoms with van der Waals surface area (Å²) in [6, 6.07) is 112. The summed E-state index contributed by atoms with van der Waals surface area (Å²) in [6.07, 6.45) is 0. The van der Waals surface area contributed by atoms with E-state index in [1.54, 1.807) is 0 Å². The van der Waals surface area contributed by atoms with Crippen molar-refractivity contribution in [1.82, 2.24) is 4.98 Å². The molecule has 0 bridgehead atoms. The quantitative estimate of drug-likeness (QED) is 0.120. The van der Waals surface area contributed by atoms with Gasteiger partial charge in [-0.05, 0) is 127 Å². The second-order valence-corrected chi connectivity index (χ2v) is 19.8. The molecular weight excluding hydrogens is 931 g/mol. The number of hydrogen-bond donors (Lipinski definition) is 0. The molecule has 362 valence electrons. The summed E-state index contributed by atoms with van der Waals surface area (Å²) in [5.74, 6) is 0.887. The number of nitrogens with zero attached hydrogens (tertiary/aromatic N) is 3. The fourth-order valence-electron chi connectivity index (χ4n) is 12.1. The molecule has 0 radical (unpaired) electrons. The number of aromatic nitrogens is 1. The number of para-hydroxylation sites is 1. The molecule has 0 aliphatic heterocycles. The zero-order valence-corrected chi connectivity index (χ0v) is 42.3. The predicted octanol–water partition coefficient (Wildman–Crippen LogP) is 19.7. The van der Waals surface area contributed by atoms with E-state index < -0.39 is 5.41 Å². The monoisotopic (exact) mass is 981 g/mol. The third-order valence-electron chi connectivity index (χ3n) is 15.5. The van der Waals surface area contributed by atoms with Crippen LogP contribution in [0, 0.1) is 0 Å². The third kappa shape index (κ3) is 7.87. The van der Waals surface area contributed by atoms with Crippen LogP contribution in [-0.2, 0) is 5.41 Å². The Morgan fingerprint density at radius 1 is 0.273 bits per heavy atom. The smallest absolute Gasteiger partial charge is 0.146 e. The summed E-state index contributed by atoms with van der Waals surface area (Å²) < 4.78 is 0. The van der Waals surface area contributed by atoms with Gasteiger partial charge in [0, 0.05) is 39.1 Å². The minimum absolute atomic E-state index is 0.532. The molecule has 13 aromatic rings. The van der Waals surface area contributed by atoms with E-state index in [-0.39, 0.29) is 0 Å². The van der Waals surface area contributed by atoms with E-state index in [1.165, 1.54) is 49.9 Å². The minimum atomic E-state index is -0.532. The van der Waals surface area contributed by atoms with Gasteiger partial charge in [0.1, 0.15) is 5.82 Å². The first-order valence-electron chi connectivity index (χ1n) is 26.4. The molecule has 1 aliphatic rings. The second kappa shape index (κ2) is 19.3. The number of pyridine rings is 1. The lowest BCUT2D eigenvalue weighted by atomic mass is 9.68. The minimum Gasteiger partial charge on any atom is -0.310 e. The molecule has 3 heteroatoms. The maximum absolute atomic E-state index is 5.43. The Bertz CT molecular complexity index is 4210. The molecule has 1 aromatic heterocycles. The highest BCUT2D eigenvalue weighted by molar-refractivity contribution is 6.11. The van der Waals surface area contributed by atoms with Gasteiger partial charge < -0.3 is 4.90 Å². The van der Waals surface area contributed by atoms with Gasteiger partial charge in [-0.25, -0.2) is 4.98 Å². The Morgan fingerprint density at radius 3 is 1.30 bits per heavy atom. The van der Waals surface area contributed by atoms with Crippen LogP contribution >= 0.6 is 0 Å². The first kappa shape index (κ1) is 45.5. The molecular formula is C74H51N3. The fourth-order valence-corrected chi connectivity index (χ4v) is 12.1. The lowest BCUT2D eigenvalue weighted by Crippen LogP contribution is -2.28. The highest BCUT2D eigenvalue weighted by Crippen LogP contribution is 2.59. The average Bonchev–Trinajstić information content (AvgIpc) is 4.10. The molecule has 1 aliphatic carbocycles. The van der Waals surface area contributed by atoms with Crippen molar-refractivity contribution in [3.8, 4) is 44.5 Å². The van der Waals surface area contributed by atoms with Gasteiger partial charge in [-0.3, -0.25) is 4.90 Å². The molecule has 0 N–H and O–H groups in total. The first-order chi connectivity index (χ1) is 38.2. The zero-order valence-electron chi connectivity index (χ0n) is 42.3. The van der Waals surface area contributed by atoms with Gasteiger partial charge in [0.05, 0.1) is 16.6 Å². The van der Waals surface area contributed by atoms with Crippen molar-refractivity contribution in [2.75, 3.05) is 9.80 Å².